The van der Waals surface area contributed by atoms with E-state index in [9.17, 15) is 13.2 Å². The van der Waals surface area contributed by atoms with Crippen LogP contribution in [0.15, 0.2) is 70.2 Å². The summed E-state index contributed by atoms with van der Waals surface area (Å²) in [6.45, 7) is 0.756. The zero-order chi connectivity index (χ0) is 25.3. The minimum absolute atomic E-state index is 0.0963. The molecule has 0 unspecified atom stereocenters. The van der Waals surface area contributed by atoms with Crippen molar-refractivity contribution in [3.8, 4) is 5.75 Å². The van der Waals surface area contributed by atoms with Gasteiger partial charge in [0.1, 0.15) is 11.5 Å². The Morgan fingerprint density at radius 2 is 1.94 bits per heavy atom. The number of rotatable bonds is 7. The van der Waals surface area contributed by atoms with E-state index in [1.165, 1.54) is 27.8 Å². The summed E-state index contributed by atoms with van der Waals surface area (Å²) in [5.41, 5.74) is 0.775. The smallest absolute Gasteiger partial charge is 0.243 e. The number of thiazole rings is 1. The molecule has 4 aromatic rings. The summed E-state index contributed by atoms with van der Waals surface area (Å²) in [5.74, 6) is 0.929. The van der Waals surface area contributed by atoms with E-state index >= 15 is 0 Å². The molecule has 1 aliphatic heterocycles. The van der Waals surface area contributed by atoms with Crippen molar-refractivity contribution >= 4 is 54.2 Å². The summed E-state index contributed by atoms with van der Waals surface area (Å²) in [5, 5.41) is 1.04. The molecule has 0 spiro atoms. The van der Waals surface area contributed by atoms with E-state index in [1.54, 1.807) is 36.5 Å². The van der Waals surface area contributed by atoms with Crippen molar-refractivity contribution in [3.05, 3.63) is 71.6 Å². The Balaban J connectivity index is 1.36. The molecule has 0 bridgehead atoms. The van der Waals surface area contributed by atoms with Crippen LogP contribution < -0.4 is 9.64 Å². The number of piperidine rings is 1. The number of carbonyl (C=O) groups is 1. The van der Waals surface area contributed by atoms with Crippen LogP contribution in [0.1, 0.15) is 18.6 Å². The summed E-state index contributed by atoms with van der Waals surface area (Å²) in [6.07, 6.45) is 2.40. The largest absolute Gasteiger partial charge is 0.497 e. The Hall–Kier alpha value is -2.92. The lowest BCUT2D eigenvalue weighted by atomic mass is 9.96. The lowest BCUT2D eigenvalue weighted by Gasteiger charge is -2.32. The highest BCUT2D eigenvalue weighted by Crippen LogP contribution is 2.34. The number of hydrogen-bond acceptors (Lipinski definition) is 7. The zero-order valence-corrected chi connectivity index (χ0v) is 21.9. The van der Waals surface area contributed by atoms with Crippen LogP contribution in [0.3, 0.4) is 0 Å². The molecule has 36 heavy (non-hydrogen) atoms. The minimum Gasteiger partial charge on any atom is -0.497 e. The average Bonchev–Trinajstić information content (AvgIpc) is 3.56. The van der Waals surface area contributed by atoms with Gasteiger partial charge in [0, 0.05) is 24.0 Å². The number of amides is 1. The number of hydrogen-bond donors (Lipinski definition) is 0. The first-order valence-electron chi connectivity index (χ1n) is 11.4. The second-order valence-electron chi connectivity index (χ2n) is 8.47. The van der Waals surface area contributed by atoms with Crippen LogP contribution in [0, 0.1) is 5.92 Å². The number of furan rings is 1. The third-order valence-corrected chi connectivity index (χ3v) is 9.44. The van der Waals surface area contributed by atoms with Gasteiger partial charge >= 0.3 is 0 Å². The number of nitrogens with zero attached hydrogens (tertiary/aromatic N) is 3. The highest BCUT2D eigenvalue weighted by atomic mass is 35.5. The van der Waals surface area contributed by atoms with Crippen molar-refractivity contribution in [2.75, 3.05) is 25.1 Å². The van der Waals surface area contributed by atoms with Crippen molar-refractivity contribution in [2.24, 2.45) is 5.92 Å². The number of ether oxygens (including phenoxy) is 1. The molecule has 0 aliphatic carbocycles. The molecule has 1 fully saturated rings. The van der Waals surface area contributed by atoms with E-state index < -0.39 is 10.0 Å². The average molecular weight is 546 g/mol. The van der Waals surface area contributed by atoms with E-state index in [0.717, 1.165) is 16.0 Å². The number of benzene rings is 2. The van der Waals surface area contributed by atoms with Crippen molar-refractivity contribution in [1.29, 1.82) is 0 Å². The molecule has 2 aromatic carbocycles. The highest BCUT2D eigenvalue weighted by molar-refractivity contribution is 7.89. The summed E-state index contributed by atoms with van der Waals surface area (Å²) < 4.78 is 39.3. The van der Waals surface area contributed by atoms with Crippen LogP contribution in [-0.2, 0) is 21.4 Å². The molecule has 0 N–H and O–H groups in total. The molecule has 0 saturated carbocycles. The summed E-state index contributed by atoms with van der Waals surface area (Å²) in [4.78, 5) is 20.3. The Bertz CT molecular complexity index is 1460. The zero-order valence-electron chi connectivity index (χ0n) is 19.5. The molecule has 3 heterocycles. The fourth-order valence-electron chi connectivity index (χ4n) is 4.25. The van der Waals surface area contributed by atoms with Gasteiger partial charge in [0.25, 0.3) is 0 Å². The van der Waals surface area contributed by atoms with Crippen LogP contribution >= 0.6 is 22.9 Å². The Kier molecular flexibility index (Phi) is 7.03. The van der Waals surface area contributed by atoms with E-state index in [4.69, 9.17) is 25.7 Å². The standard InChI is InChI=1S/C25H24ClN3O5S2/c1-33-19-6-9-22-23(15-19)35-25(27-22)29(16-20-3-2-14-34-20)24(30)17-10-12-28(13-11-17)36(31,32)21-7-4-18(26)5-8-21/h2-9,14-15,17H,10-13,16H2,1H3. The van der Waals surface area contributed by atoms with Gasteiger partial charge in [0.2, 0.25) is 15.9 Å². The lowest BCUT2D eigenvalue weighted by Crippen LogP contribution is -2.44. The number of methoxy groups -OCH3 is 1. The molecule has 5 rings (SSSR count). The maximum atomic E-state index is 13.7. The van der Waals surface area contributed by atoms with E-state index in [0.29, 0.717) is 28.8 Å². The van der Waals surface area contributed by atoms with E-state index in [-0.39, 0.29) is 36.4 Å². The van der Waals surface area contributed by atoms with Crippen molar-refractivity contribution in [3.63, 3.8) is 0 Å². The normalized spacial score (nSPS) is 15.3. The second kappa shape index (κ2) is 10.2. The van der Waals surface area contributed by atoms with Gasteiger partial charge in [-0.05, 0) is 67.4 Å². The number of sulfonamides is 1. The number of aromatic nitrogens is 1. The first-order chi connectivity index (χ1) is 17.3. The molecule has 0 radical (unpaired) electrons. The van der Waals surface area contributed by atoms with Gasteiger partial charge in [-0.3, -0.25) is 9.69 Å². The lowest BCUT2D eigenvalue weighted by molar-refractivity contribution is -0.123. The van der Waals surface area contributed by atoms with Crippen LogP contribution in [-0.4, -0.2) is 43.8 Å². The maximum Gasteiger partial charge on any atom is 0.243 e. The molecular weight excluding hydrogens is 522 g/mol. The fraction of sp³-hybridized carbons (Fsp3) is 0.280. The minimum atomic E-state index is -3.65. The first-order valence-corrected chi connectivity index (χ1v) is 14.0. The van der Waals surface area contributed by atoms with Crippen LogP contribution in [0.4, 0.5) is 5.13 Å². The SMILES string of the molecule is COc1ccc2nc(N(Cc3ccco3)C(=O)C3CCN(S(=O)(=O)c4ccc(Cl)cc4)CC3)sc2c1. The monoisotopic (exact) mass is 545 g/mol. The van der Waals surface area contributed by atoms with Gasteiger partial charge in [0.05, 0.1) is 35.0 Å². The predicted molar refractivity (Wildman–Crippen MR) is 139 cm³/mol. The van der Waals surface area contributed by atoms with Crippen molar-refractivity contribution < 1.29 is 22.4 Å². The predicted octanol–water partition coefficient (Wildman–Crippen LogP) is 5.19. The van der Waals surface area contributed by atoms with Gasteiger partial charge in [-0.1, -0.05) is 22.9 Å². The molecule has 188 valence electrons. The topological polar surface area (TPSA) is 92.9 Å². The van der Waals surface area contributed by atoms with Gasteiger partial charge < -0.3 is 9.15 Å². The van der Waals surface area contributed by atoms with Gasteiger partial charge in [-0.25, -0.2) is 13.4 Å². The molecular formula is C25H24ClN3O5S2. The molecule has 0 atom stereocenters. The third-order valence-electron chi connectivity index (χ3n) is 6.23. The first kappa shape index (κ1) is 24.8. The number of fused-ring (bicyclic) bond motifs is 1. The van der Waals surface area contributed by atoms with Crippen LogP contribution in [0.25, 0.3) is 10.2 Å². The summed E-state index contributed by atoms with van der Waals surface area (Å²) in [7, 11) is -2.05. The number of carbonyl (C=O) groups excluding carboxylic acids is 1. The number of halogens is 1. The molecule has 11 heteroatoms. The van der Waals surface area contributed by atoms with Crippen molar-refractivity contribution in [1.82, 2.24) is 9.29 Å². The Morgan fingerprint density at radius 3 is 2.61 bits per heavy atom. The highest BCUT2D eigenvalue weighted by Gasteiger charge is 2.35. The summed E-state index contributed by atoms with van der Waals surface area (Å²) in [6, 6.07) is 15.3. The molecule has 1 amide bonds. The fourth-order valence-corrected chi connectivity index (χ4v) is 6.85. The number of anilines is 1. The van der Waals surface area contributed by atoms with Crippen LogP contribution in [0.5, 0.6) is 5.75 Å². The molecule has 8 nitrogen and oxygen atoms in total. The van der Waals surface area contributed by atoms with Crippen LogP contribution in [0.2, 0.25) is 5.02 Å². The van der Waals surface area contributed by atoms with Gasteiger partial charge in [-0.15, -0.1) is 0 Å². The maximum absolute atomic E-state index is 13.7. The quantitative estimate of drug-likeness (QED) is 0.317. The van der Waals surface area contributed by atoms with Gasteiger partial charge in [0.15, 0.2) is 5.13 Å². The Labute approximate surface area is 218 Å². The van der Waals surface area contributed by atoms with Crippen molar-refractivity contribution in [2.45, 2.75) is 24.3 Å². The third kappa shape index (κ3) is 4.99. The second-order valence-corrected chi connectivity index (χ2v) is 11.8. The molecule has 1 saturated heterocycles. The van der Waals surface area contributed by atoms with E-state index in [1.807, 2.05) is 24.3 Å². The molecule has 2 aromatic heterocycles. The Morgan fingerprint density at radius 1 is 1.19 bits per heavy atom. The molecule has 1 aliphatic rings. The van der Waals surface area contributed by atoms with E-state index in [2.05, 4.69) is 0 Å². The summed E-state index contributed by atoms with van der Waals surface area (Å²) >= 11 is 7.31. The van der Waals surface area contributed by atoms with Gasteiger partial charge in [-0.2, -0.15) is 4.31 Å².